The zero-order chi connectivity index (χ0) is 12.5. The van der Waals surface area contributed by atoms with Crippen molar-refractivity contribution >= 4 is 0 Å². The summed E-state index contributed by atoms with van der Waals surface area (Å²) >= 11 is 0. The monoisotopic (exact) mass is 241 g/mol. The van der Waals surface area contributed by atoms with E-state index in [2.05, 4.69) is 26.1 Å². The predicted octanol–water partition coefficient (Wildman–Crippen LogP) is 3.75. The summed E-state index contributed by atoms with van der Waals surface area (Å²) in [6.07, 6.45) is 9.44. The van der Waals surface area contributed by atoms with Gasteiger partial charge in [0.25, 0.3) is 0 Å². The van der Waals surface area contributed by atoms with Gasteiger partial charge in [-0.1, -0.05) is 27.2 Å². The van der Waals surface area contributed by atoms with Crippen molar-refractivity contribution in [3.05, 3.63) is 0 Å². The zero-order valence-corrected chi connectivity index (χ0v) is 12.0. The van der Waals surface area contributed by atoms with Gasteiger partial charge in [0.05, 0.1) is 6.10 Å². The van der Waals surface area contributed by atoms with Gasteiger partial charge < -0.3 is 10.1 Å². The topological polar surface area (TPSA) is 21.3 Å². The lowest BCUT2D eigenvalue weighted by Crippen LogP contribution is -2.39. The Morgan fingerprint density at radius 3 is 2.65 bits per heavy atom. The SMILES string of the molecule is CCCNC(CC1CCCCO1)C(C)CCC. The van der Waals surface area contributed by atoms with Gasteiger partial charge in [0, 0.05) is 12.6 Å². The first-order valence-electron chi connectivity index (χ1n) is 7.62. The Labute approximate surface area is 108 Å². The highest BCUT2D eigenvalue weighted by molar-refractivity contribution is 4.78. The number of hydrogen-bond donors (Lipinski definition) is 1. The van der Waals surface area contributed by atoms with Crippen molar-refractivity contribution in [1.82, 2.24) is 5.32 Å². The van der Waals surface area contributed by atoms with Gasteiger partial charge in [0.2, 0.25) is 0 Å². The Bertz CT molecular complexity index is 178. The van der Waals surface area contributed by atoms with E-state index in [9.17, 15) is 0 Å². The molecule has 0 bridgehead atoms. The van der Waals surface area contributed by atoms with E-state index in [4.69, 9.17) is 4.74 Å². The summed E-state index contributed by atoms with van der Waals surface area (Å²) in [5.74, 6) is 0.775. The summed E-state index contributed by atoms with van der Waals surface area (Å²) in [7, 11) is 0. The summed E-state index contributed by atoms with van der Waals surface area (Å²) in [5, 5.41) is 3.72. The van der Waals surface area contributed by atoms with Gasteiger partial charge in [-0.15, -0.1) is 0 Å². The molecule has 2 heteroatoms. The van der Waals surface area contributed by atoms with E-state index in [0.29, 0.717) is 12.1 Å². The fourth-order valence-corrected chi connectivity index (χ4v) is 2.78. The molecule has 0 spiro atoms. The number of rotatable bonds is 8. The van der Waals surface area contributed by atoms with Crippen LogP contribution in [-0.2, 0) is 4.74 Å². The van der Waals surface area contributed by atoms with Gasteiger partial charge in [-0.25, -0.2) is 0 Å². The first kappa shape index (κ1) is 15.0. The molecule has 0 aromatic rings. The van der Waals surface area contributed by atoms with Gasteiger partial charge in [0.1, 0.15) is 0 Å². The predicted molar refractivity (Wildman–Crippen MR) is 74.4 cm³/mol. The lowest BCUT2D eigenvalue weighted by atomic mass is 9.90. The zero-order valence-electron chi connectivity index (χ0n) is 12.0. The molecule has 17 heavy (non-hydrogen) atoms. The third-order valence-corrected chi connectivity index (χ3v) is 3.88. The van der Waals surface area contributed by atoms with Crippen molar-refractivity contribution in [2.75, 3.05) is 13.2 Å². The lowest BCUT2D eigenvalue weighted by Gasteiger charge is -2.31. The average molecular weight is 241 g/mol. The summed E-state index contributed by atoms with van der Waals surface area (Å²) in [6.45, 7) is 9.04. The average Bonchev–Trinajstić information content (AvgIpc) is 2.36. The van der Waals surface area contributed by atoms with Crippen LogP contribution in [0.1, 0.15) is 65.7 Å². The Hall–Kier alpha value is -0.0800. The van der Waals surface area contributed by atoms with Gasteiger partial charge in [-0.05, 0) is 51.0 Å². The van der Waals surface area contributed by atoms with Crippen LogP contribution in [0.4, 0.5) is 0 Å². The van der Waals surface area contributed by atoms with Crippen LogP contribution in [0, 0.1) is 5.92 Å². The third kappa shape index (κ3) is 5.87. The van der Waals surface area contributed by atoms with Crippen molar-refractivity contribution in [2.45, 2.75) is 77.9 Å². The Morgan fingerprint density at radius 2 is 2.06 bits per heavy atom. The van der Waals surface area contributed by atoms with Crippen LogP contribution in [0.15, 0.2) is 0 Å². The third-order valence-electron chi connectivity index (χ3n) is 3.88. The van der Waals surface area contributed by atoms with E-state index in [1.807, 2.05) is 0 Å². The second-order valence-corrected chi connectivity index (χ2v) is 5.55. The lowest BCUT2D eigenvalue weighted by molar-refractivity contribution is 0.00137. The molecule has 1 rings (SSSR count). The summed E-state index contributed by atoms with van der Waals surface area (Å²) < 4.78 is 5.88. The molecule has 0 aromatic carbocycles. The van der Waals surface area contributed by atoms with E-state index in [0.717, 1.165) is 19.1 Å². The molecule has 1 aliphatic rings. The molecule has 0 radical (unpaired) electrons. The van der Waals surface area contributed by atoms with Gasteiger partial charge in [0.15, 0.2) is 0 Å². The maximum Gasteiger partial charge on any atom is 0.0590 e. The summed E-state index contributed by atoms with van der Waals surface area (Å²) in [6, 6.07) is 0.651. The van der Waals surface area contributed by atoms with E-state index >= 15 is 0 Å². The van der Waals surface area contributed by atoms with Crippen LogP contribution in [0.3, 0.4) is 0 Å². The van der Waals surface area contributed by atoms with Crippen molar-refractivity contribution in [3.63, 3.8) is 0 Å². The maximum absolute atomic E-state index is 5.88. The molecule has 0 aromatic heterocycles. The standard InChI is InChI=1S/C15H31NO/c1-4-8-13(3)15(16-10-5-2)12-14-9-6-7-11-17-14/h13-16H,4-12H2,1-3H3. The highest BCUT2D eigenvalue weighted by Crippen LogP contribution is 2.22. The first-order chi connectivity index (χ1) is 8.27. The second kappa shape index (κ2) is 8.93. The minimum absolute atomic E-state index is 0.511. The highest BCUT2D eigenvalue weighted by Gasteiger charge is 2.22. The number of hydrogen-bond acceptors (Lipinski definition) is 2. The van der Waals surface area contributed by atoms with Crippen molar-refractivity contribution in [1.29, 1.82) is 0 Å². The molecule has 102 valence electrons. The molecule has 1 aliphatic heterocycles. The minimum atomic E-state index is 0.511. The fraction of sp³-hybridized carbons (Fsp3) is 1.00. The van der Waals surface area contributed by atoms with Gasteiger partial charge >= 0.3 is 0 Å². The van der Waals surface area contributed by atoms with Crippen molar-refractivity contribution in [3.8, 4) is 0 Å². The molecular weight excluding hydrogens is 210 g/mol. The molecular formula is C15H31NO. The maximum atomic E-state index is 5.88. The highest BCUT2D eigenvalue weighted by atomic mass is 16.5. The minimum Gasteiger partial charge on any atom is -0.378 e. The molecule has 3 unspecified atom stereocenters. The Balaban J connectivity index is 2.37. The first-order valence-corrected chi connectivity index (χ1v) is 7.62. The molecule has 1 saturated heterocycles. The van der Waals surface area contributed by atoms with Crippen LogP contribution in [0.25, 0.3) is 0 Å². The smallest absolute Gasteiger partial charge is 0.0590 e. The van der Waals surface area contributed by atoms with Gasteiger partial charge in [-0.3, -0.25) is 0 Å². The van der Waals surface area contributed by atoms with E-state index in [1.165, 1.54) is 44.9 Å². The van der Waals surface area contributed by atoms with Crippen LogP contribution >= 0.6 is 0 Å². The molecule has 1 fully saturated rings. The molecule has 0 saturated carbocycles. The number of nitrogens with one attached hydrogen (secondary N) is 1. The largest absolute Gasteiger partial charge is 0.378 e. The normalized spacial score (nSPS) is 24.5. The van der Waals surface area contributed by atoms with Crippen molar-refractivity contribution < 1.29 is 4.74 Å². The van der Waals surface area contributed by atoms with Crippen LogP contribution < -0.4 is 5.32 Å². The quantitative estimate of drug-likeness (QED) is 0.699. The summed E-state index contributed by atoms with van der Waals surface area (Å²) in [5.41, 5.74) is 0. The van der Waals surface area contributed by atoms with E-state index in [-0.39, 0.29) is 0 Å². The molecule has 2 nitrogen and oxygen atoms in total. The molecule has 0 amide bonds. The summed E-state index contributed by atoms with van der Waals surface area (Å²) in [4.78, 5) is 0. The molecule has 3 atom stereocenters. The van der Waals surface area contributed by atoms with Gasteiger partial charge in [-0.2, -0.15) is 0 Å². The number of ether oxygens (including phenoxy) is 1. The van der Waals surface area contributed by atoms with Crippen LogP contribution in [-0.4, -0.2) is 25.3 Å². The molecule has 1 heterocycles. The van der Waals surface area contributed by atoms with Crippen LogP contribution in [0.5, 0.6) is 0 Å². The molecule has 0 aliphatic carbocycles. The second-order valence-electron chi connectivity index (χ2n) is 5.55. The Morgan fingerprint density at radius 1 is 1.24 bits per heavy atom. The molecule has 1 N–H and O–H groups in total. The fourth-order valence-electron chi connectivity index (χ4n) is 2.78. The van der Waals surface area contributed by atoms with E-state index < -0.39 is 0 Å². The van der Waals surface area contributed by atoms with E-state index in [1.54, 1.807) is 0 Å². The van der Waals surface area contributed by atoms with Crippen LogP contribution in [0.2, 0.25) is 0 Å². The van der Waals surface area contributed by atoms with Crippen molar-refractivity contribution in [2.24, 2.45) is 5.92 Å². The Kier molecular flexibility index (Phi) is 7.87.